The van der Waals surface area contributed by atoms with Crippen LogP contribution in [0.15, 0.2) is 48.5 Å². The van der Waals surface area contributed by atoms with Gasteiger partial charge in [-0.2, -0.15) is 0 Å². The molecular weight excluding hydrogens is 411 g/mol. The van der Waals surface area contributed by atoms with Crippen LogP contribution in [0.5, 0.6) is 11.5 Å². The first kappa shape index (κ1) is 24.9. The van der Waals surface area contributed by atoms with Crippen LogP contribution < -0.4 is 14.8 Å². The summed E-state index contributed by atoms with van der Waals surface area (Å²) in [4.78, 5) is 26.2. The number of amides is 2. The van der Waals surface area contributed by atoms with Gasteiger partial charge in [0.1, 0.15) is 5.82 Å². The van der Waals surface area contributed by atoms with Crippen LogP contribution in [0.25, 0.3) is 6.08 Å². The second kappa shape index (κ2) is 13.1. The SMILES string of the molecule is CCCCOc1ccc(C=CC(=O)N(CC)CC(=O)NCc2ccc(F)cc2)cc1OC. The molecule has 0 aromatic heterocycles. The van der Waals surface area contributed by atoms with Crippen LogP contribution in [0.1, 0.15) is 37.8 Å². The number of halogens is 1. The van der Waals surface area contributed by atoms with Gasteiger partial charge in [0.2, 0.25) is 11.8 Å². The largest absolute Gasteiger partial charge is 0.493 e. The number of rotatable bonds is 12. The van der Waals surface area contributed by atoms with E-state index in [1.165, 1.54) is 23.1 Å². The van der Waals surface area contributed by atoms with E-state index in [1.54, 1.807) is 31.4 Å². The van der Waals surface area contributed by atoms with E-state index in [9.17, 15) is 14.0 Å². The molecule has 2 amide bonds. The Morgan fingerprint density at radius 3 is 2.50 bits per heavy atom. The van der Waals surface area contributed by atoms with Gasteiger partial charge in [0.15, 0.2) is 11.5 Å². The van der Waals surface area contributed by atoms with Gasteiger partial charge in [0.25, 0.3) is 0 Å². The predicted molar refractivity (Wildman–Crippen MR) is 123 cm³/mol. The Hall–Kier alpha value is -3.35. The highest BCUT2D eigenvalue weighted by atomic mass is 19.1. The molecule has 0 saturated heterocycles. The molecule has 2 aromatic carbocycles. The number of likely N-dealkylation sites (N-methyl/N-ethyl adjacent to an activating group) is 1. The maximum atomic E-state index is 13.0. The third-order valence-electron chi connectivity index (χ3n) is 4.79. The monoisotopic (exact) mass is 442 g/mol. The number of unbranched alkanes of at least 4 members (excludes halogenated alkanes) is 1. The average molecular weight is 443 g/mol. The number of methoxy groups -OCH3 is 1. The molecule has 7 heteroatoms. The molecule has 0 bridgehead atoms. The number of nitrogens with zero attached hydrogens (tertiary/aromatic N) is 1. The zero-order valence-corrected chi connectivity index (χ0v) is 18.9. The third-order valence-corrected chi connectivity index (χ3v) is 4.79. The summed E-state index contributed by atoms with van der Waals surface area (Å²) in [6.07, 6.45) is 5.12. The topological polar surface area (TPSA) is 67.9 Å². The Balaban J connectivity index is 1.92. The summed E-state index contributed by atoms with van der Waals surface area (Å²) in [6, 6.07) is 11.4. The van der Waals surface area contributed by atoms with Crippen molar-refractivity contribution in [2.24, 2.45) is 0 Å². The maximum absolute atomic E-state index is 13.0. The first-order valence-corrected chi connectivity index (χ1v) is 10.8. The summed E-state index contributed by atoms with van der Waals surface area (Å²) in [7, 11) is 1.57. The molecule has 0 saturated carbocycles. The normalized spacial score (nSPS) is 10.8. The molecule has 0 heterocycles. The average Bonchev–Trinajstić information content (AvgIpc) is 2.81. The Kier molecular flexibility index (Phi) is 10.2. The molecule has 0 radical (unpaired) electrons. The molecule has 2 aromatic rings. The minimum atomic E-state index is -0.328. The molecule has 6 nitrogen and oxygen atoms in total. The van der Waals surface area contributed by atoms with Crippen molar-refractivity contribution in [2.75, 3.05) is 26.8 Å². The number of ether oxygens (including phenoxy) is 2. The predicted octanol–water partition coefficient (Wildman–Crippen LogP) is 4.19. The first-order chi connectivity index (χ1) is 15.5. The molecule has 0 aliphatic rings. The molecule has 32 heavy (non-hydrogen) atoms. The van der Waals surface area contributed by atoms with Crippen LogP contribution in [-0.2, 0) is 16.1 Å². The molecule has 172 valence electrons. The van der Waals surface area contributed by atoms with E-state index >= 15 is 0 Å². The number of hydrogen-bond donors (Lipinski definition) is 1. The lowest BCUT2D eigenvalue weighted by Gasteiger charge is -2.18. The highest BCUT2D eigenvalue weighted by molar-refractivity contribution is 5.94. The Labute approximate surface area is 189 Å². The van der Waals surface area contributed by atoms with Crippen LogP contribution >= 0.6 is 0 Å². The standard InChI is InChI=1S/C25H31FN2O4/c1-4-6-15-32-22-13-9-19(16-23(22)31-3)10-14-25(30)28(5-2)18-24(29)27-17-20-7-11-21(26)12-8-20/h7-14,16H,4-6,15,17-18H2,1-3H3,(H,27,29). The first-order valence-electron chi connectivity index (χ1n) is 10.8. The highest BCUT2D eigenvalue weighted by Gasteiger charge is 2.13. The Morgan fingerprint density at radius 1 is 1.09 bits per heavy atom. The molecule has 0 unspecified atom stereocenters. The summed E-state index contributed by atoms with van der Waals surface area (Å²) >= 11 is 0. The molecule has 2 rings (SSSR count). The fraction of sp³-hybridized carbons (Fsp3) is 0.360. The molecule has 1 N–H and O–H groups in total. The fourth-order valence-electron chi connectivity index (χ4n) is 2.88. The van der Waals surface area contributed by atoms with Gasteiger partial charge in [-0.1, -0.05) is 31.5 Å². The zero-order valence-electron chi connectivity index (χ0n) is 18.9. The molecule has 0 aliphatic carbocycles. The Bertz CT molecular complexity index is 913. The number of nitrogens with one attached hydrogen (secondary N) is 1. The van der Waals surface area contributed by atoms with Crippen molar-refractivity contribution >= 4 is 17.9 Å². The number of carbonyl (C=O) groups is 2. The van der Waals surface area contributed by atoms with E-state index in [4.69, 9.17) is 9.47 Å². The van der Waals surface area contributed by atoms with Gasteiger partial charge >= 0.3 is 0 Å². The van der Waals surface area contributed by atoms with E-state index in [1.807, 2.05) is 19.1 Å². The maximum Gasteiger partial charge on any atom is 0.247 e. The van der Waals surface area contributed by atoms with Crippen molar-refractivity contribution in [1.29, 1.82) is 0 Å². The van der Waals surface area contributed by atoms with Crippen molar-refractivity contribution in [1.82, 2.24) is 10.2 Å². The van der Waals surface area contributed by atoms with Crippen LogP contribution in [-0.4, -0.2) is 43.5 Å². The summed E-state index contributed by atoms with van der Waals surface area (Å²) in [5.41, 5.74) is 1.57. The molecule has 0 spiro atoms. The Morgan fingerprint density at radius 2 is 1.84 bits per heavy atom. The van der Waals surface area contributed by atoms with E-state index in [0.29, 0.717) is 24.7 Å². The quantitative estimate of drug-likeness (QED) is 0.395. The third kappa shape index (κ3) is 8.06. The second-order valence-electron chi connectivity index (χ2n) is 7.20. The molecular formula is C25H31FN2O4. The van der Waals surface area contributed by atoms with Gasteiger partial charge < -0.3 is 19.7 Å². The number of benzene rings is 2. The highest BCUT2D eigenvalue weighted by Crippen LogP contribution is 2.28. The van der Waals surface area contributed by atoms with E-state index in [-0.39, 0.29) is 30.7 Å². The zero-order chi connectivity index (χ0) is 23.3. The second-order valence-corrected chi connectivity index (χ2v) is 7.20. The van der Waals surface area contributed by atoms with Crippen molar-refractivity contribution in [3.63, 3.8) is 0 Å². The van der Waals surface area contributed by atoms with Crippen LogP contribution in [0.3, 0.4) is 0 Å². The summed E-state index contributed by atoms with van der Waals surface area (Å²) < 4.78 is 24.1. The minimum absolute atomic E-state index is 0.0611. The summed E-state index contributed by atoms with van der Waals surface area (Å²) in [6.45, 7) is 5.13. The van der Waals surface area contributed by atoms with Gasteiger partial charge in [0.05, 0.1) is 20.3 Å². The molecule has 0 fully saturated rings. The van der Waals surface area contributed by atoms with Gasteiger partial charge in [0, 0.05) is 19.2 Å². The smallest absolute Gasteiger partial charge is 0.247 e. The van der Waals surface area contributed by atoms with Crippen molar-refractivity contribution in [3.05, 3.63) is 65.5 Å². The van der Waals surface area contributed by atoms with Crippen molar-refractivity contribution in [3.8, 4) is 11.5 Å². The van der Waals surface area contributed by atoms with E-state index < -0.39 is 0 Å². The lowest BCUT2D eigenvalue weighted by Crippen LogP contribution is -2.39. The van der Waals surface area contributed by atoms with E-state index in [2.05, 4.69) is 12.2 Å². The van der Waals surface area contributed by atoms with Crippen molar-refractivity contribution < 1.29 is 23.5 Å². The number of carbonyl (C=O) groups excluding carboxylic acids is 2. The van der Waals surface area contributed by atoms with Gasteiger partial charge in [-0.25, -0.2) is 4.39 Å². The lowest BCUT2D eigenvalue weighted by atomic mass is 10.2. The van der Waals surface area contributed by atoms with E-state index in [0.717, 1.165) is 24.0 Å². The fourth-order valence-corrected chi connectivity index (χ4v) is 2.88. The van der Waals surface area contributed by atoms with Crippen LogP contribution in [0, 0.1) is 5.82 Å². The number of hydrogen-bond acceptors (Lipinski definition) is 4. The van der Waals surface area contributed by atoms with Gasteiger partial charge in [-0.15, -0.1) is 0 Å². The summed E-state index contributed by atoms with van der Waals surface area (Å²) in [5.74, 6) is 0.381. The summed E-state index contributed by atoms with van der Waals surface area (Å²) in [5, 5.41) is 2.74. The van der Waals surface area contributed by atoms with Gasteiger partial charge in [-0.3, -0.25) is 9.59 Å². The van der Waals surface area contributed by atoms with Crippen LogP contribution in [0.2, 0.25) is 0 Å². The lowest BCUT2D eigenvalue weighted by molar-refractivity contribution is -0.132. The van der Waals surface area contributed by atoms with Gasteiger partial charge in [-0.05, 0) is 54.8 Å². The van der Waals surface area contributed by atoms with Crippen molar-refractivity contribution in [2.45, 2.75) is 33.2 Å². The van der Waals surface area contributed by atoms with Crippen LogP contribution in [0.4, 0.5) is 4.39 Å². The molecule has 0 atom stereocenters. The molecule has 0 aliphatic heterocycles. The minimum Gasteiger partial charge on any atom is -0.493 e.